The predicted octanol–water partition coefficient (Wildman–Crippen LogP) is 10.8. The molecule has 0 aliphatic carbocycles. The van der Waals surface area contributed by atoms with E-state index in [1.165, 1.54) is 89.8 Å². The lowest BCUT2D eigenvalue weighted by molar-refractivity contribution is -0.204. The van der Waals surface area contributed by atoms with Crippen molar-refractivity contribution >= 4 is 19.2 Å². The molecule has 4 aromatic rings. The molecule has 6 rings (SSSR count). The van der Waals surface area contributed by atoms with Crippen LogP contribution in [0.25, 0.3) is 5.52 Å². The predicted molar refractivity (Wildman–Crippen MR) is 253 cm³/mol. The maximum atomic E-state index is 14.9. The van der Waals surface area contributed by atoms with Gasteiger partial charge in [-0.05, 0) is 62.6 Å². The summed E-state index contributed by atoms with van der Waals surface area (Å²) in [6.07, 6.45) is 20.1. The number of aryl methyl sites for hydroxylation is 1. The van der Waals surface area contributed by atoms with Crippen molar-refractivity contribution in [3.8, 4) is 17.9 Å². The fourth-order valence-corrected chi connectivity index (χ4v) is 9.83. The molecule has 364 valence electrons. The molecule has 0 bridgehead atoms. The first-order valence-corrected chi connectivity index (χ1v) is 25.7. The Balaban J connectivity index is 1.06. The number of hydrogen-bond acceptors (Lipinski definition) is 15. The average molecular weight is 944 g/mol. The minimum atomic E-state index is -4.56. The Bertz CT molecular complexity index is 2260. The second-order valence-electron chi connectivity index (χ2n) is 18.1. The highest BCUT2D eigenvalue weighted by Crippen LogP contribution is 2.55. The third-order valence-corrected chi connectivity index (χ3v) is 13.6. The van der Waals surface area contributed by atoms with E-state index in [9.17, 15) is 15.1 Å². The average Bonchev–Trinajstić information content (AvgIpc) is 3.99. The molecule has 0 amide bonds. The third kappa shape index (κ3) is 15.0. The van der Waals surface area contributed by atoms with E-state index in [0.717, 1.165) is 24.8 Å². The van der Waals surface area contributed by atoms with E-state index in [2.05, 4.69) is 28.1 Å². The number of unbranched alkanes of at least 4 members (excludes halogenated alkanes) is 15. The van der Waals surface area contributed by atoms with Crippen LogP contribution in [0, 0.1) is 29.6 Å². The number of pyridine rings is 1. The molecule has 0 radical (unpaired) electrons. The Hall–Kier alpha value is -4.48. The van der Waals surface area contributed by atoms with Gasteiger partial charge in [0.2, 0.25) is 5.60 Å². The number of nitriles is 2. The summed E-state index contributed by atoms with van der Waals surface area (Å²) in [4.78, 5) is 8.24. The zero-order chi connectivity index (χ0) is 47.5. The number of aromatic nitrogens is 4. The highest BCUT2D eigenvalue weighted by molar-refractivity contribution is 7.48. The number of phosphoric ester groups is 1. The summed E-state index contributed by atoms with van der Waals surface area (Å²) in [6.45, 7) is 7.48. The molecule has 0 saturated carbocycles. The summed E-state index contributed by atoms with van der Waals surface area (Å²) in [6, 6.07) is 18.2. The fourth-order valence-electron chi connectivity index (χ4n) is 8.51. The van der Waals surface area contributed by atoms with Gasteiger partial charge in [0.1, 0.15) is 66.4 Å². The number of fused-ring (bicyclic) bond motifs is 2. The molecule has 0 spiro atoms. The summed E-state index contributed by atoms with van der Waals surface area (Å²) in [5.41, 5.74) is 7.09. The van der Waals surface area contributed by atoms with Crippen LogP contribution in [-0.2, 0) is 43.9 Å². The number of phosphoric acid groups is 1. The minimum absolute atomic E-state index is 0.118. The quantitative estimate of drug-likeness (QED) is 0.0368. The summed E-state index contributed by atoms with van der Waals surface area (Å²) < 4.78 is 66.4. The summed E-state index contributed by atoms with van der Waals surface area (Å²) in [7, 11) is -4.56. The molecule has 17 heteroatoms. The first kappa shape index (κ1) is 51.9. The number of nitrogens with two attached hydrogens (primary N) is 1. The van der Waals surface area contributed by atoms with Gasteiger partial charge in [0, 0.05) is 12.8 Å². The van der Waals surface area contributed by atoms with E-state index in [1.807, 2.05) is 12.1 Å². The van der Waals surface area contributed by atoms with Crippen LogP contribution < -0.4 is 10.3 Å². The van der Waals surface area contributed by atoms with Crippen molar-refractivity contribution < 1.29 is 41.8 Å². The SMILES string of the molecule is CCCCCCCCCCCCCCCCCCOC[C@H](COP(=O)(OC[C@@]1(C#N)O[C@@H](c2ccc3c(N)ncnn23)[C@@H]2OC(C)(C)O[C@@H]21)Oc1ccccc1C)OCc1ccc(C#N)nc1. The number of nitrogens with zero attached hydrogens (tertiary/aromatic N) is 6. The molecule has 2 saturated heterocycles. The van der Waals surface area contributed by atoms with Crippen LogP contribution in [0.4, 0.5) is 5.82 Å². The van der Waals surface area contributed by atoms with Crippen molar-refractivity contribution in [1.82, 2.24) is 19.6 Å². The fraction of sp³-hybridized carbons (Fsp3) is 0.620. The van der Waals surface area contributed by atoms with Gasteiger partial charge in [-0.1, -0.05) is 128 Å². The summed E-state index contributed by atoms with van der Waals surface area (Å²) in [5, 5.41) is 24.5. The molecular formula is C50H70N7O9P. The van der Waals surface area contributed by atoms with Gasteiger partial charge < -0.3 is 33.9 Å². The number of hydrogen-bond donors (Lipinski definition) is 1. The Morgan fingerprint density at radius 3 is 2.16 bits per heavy atom. The van der Waals surface area contributed by atoms with Gasteiger partial charge in [-0.15, -0.1) is 0 Å². The molecule has 2 aliphatic rings. The van der Waals surface area contributed by atoms with E-state index in [-0.39, 0.29) is 37.1 Å². The van der Waals surface area contributed by atoms with E-state index < -0.39 is 50.2 Å². The van der Waals surface area contributed by atoms with Crippen LogP contribution in [0.2, 0.25) is 0 Å². The van der Waals surface area contributed by atoms with Crippen LogP contribution in [0.1, 0.15) is 152 Å². The van der Waals surface area contributed by atoms with E-state index in [0.29, 0.717) is 23.4 Å². The summed E-state index contributed by atoms with van der Waals surface area (Å²) in [5.74, 6) is -0.568. The Morgan fingerprint density at radius 1 is 0.836 bits per heavy atom. The van der Waals surface area contributed by atoms with Crippen molar-refractivity contribution in [2.75, 3.05) is 32.2 Å². The lowest BCUT2D eigenvalue weighted by atomic mass is 9.96. The lowest BCUT2D eigenvalue weighted by Gasteiger charge is -2.30. The molecule has 2 aliphatic heterocycles. The van der Waals surface area contributed by atoms with E-state index in [4.69, 9.17) is 43.0 Å². The normalized spacial score (nSPS) is 21.1. The zero-order valence-electron chi connectivity index (χ0n) is 39.8. The first-order chi connectivity index (χ1) is 32.5. The second kappa shape index (κ2) is 25.8. The molecule has 5 heterocycles. The first-order valence-electron chi connectivity index (χ1n) is 24.2. The maximum Gasteiger partial charge on any atom is 0.530 e. The molecule has 67 heavy (non-hydrogen) atoms. The van der Waals surface area contributed by atoms with Crippen molar-refractivity contribution in [2.45, 2.75) is 173 Å². The van der Waals surface area contributed by atoms with Gasteiger partial charge in [0.25, 0.3) is 0 Å². The van der Waals surface area contributed by atoms with Crippen LogP contribution in [0.3, 0.4) is 0 Å². The molecule has 6 atom stereocenters. The molecule has 2 fully saturated rings. The summed E-state index contributed by atoms with van der Waals surface area (Å²) >= 11 is 0. The van der Waals surface area contributed by atoms with Crippen LogP contribution >= 0.6 is 7.82 Å². The van der Waals surface area contributed by atoms with Crippen LogP contribution in [-0.4, -0.2) is 75.7 Å². The number of para-hydroxylation sites is 1. The Labute approximate surface area is 396 Å². The molecule has 3 aromatic heterocycles. The molecule has 2 N–H and O–H groups in total. The van der Waals surface area contributed by atoms with Crippen LogP contribution in [0.5, 0.6) is 5.75 Å². The number of nitrogen functional groups attached to an aromatic ring is 1. The van der Waals surface area contributed by atoms with E-state index >= 15 is 0 Å². The number of rotatable bonds is 31. The van der Waals surface area contributed by atoms with Crippen molar-refractivity contribution in [3.63, 3.8) is 0 Å². The van der Waals surface area contributed by atoms with Gasteiger partial charge in [-0.25, -0.2) is 19.0 Å². The van der Waals surface area contributed by atoms with Gasteiger partial charge in [-0.3, -0.25) is 9.05 Å². The number of ether oxygens (including phenoxy) is 5. The highest BCUT2D eigenvalue weighted by atomic mass is 31.2. The van der Waals surface area contributed by atoms with Crippen molar-refractivity contribution in [1.29, 1.82) is 10.5 Å². The minimum Gasteiger partial charge on any atom is -0.404 e. The van der Waals surface area contributed by atoms with Gasteiger partial charge in [0.15, 0.2) is 11.6 Å². The second-order valence-corrected chi connectivity index (χ2v) is 19.7. The highest BCUT2D eigenvalue weighted by Gasteiger charge is 2.65. The van der Waals surface area contributed by atoms with Gasteiger partial charge in [0.05, 0.1) is 25.5 Å². The molecular weight excluding hydrogens is 874 g/mol. The monoisotopic (exact) mass is 943 g/mol. The lowest BCUT2D eigenvalue weighted by Crippen LogP contribution is -2.46. The number of anilines is 1. The molecule has 1 aromatic carbocycles. The topological polar surface area (TPSA) is 208 Å². The Morgan fingerprint density at radius 2 is 1.52 bits per heavy atom. The Kier molecular flexibility index (Phi) is 20.0. The standard InChI is InChI=1S/C50H70N7O9P/c1-5-6-7-8-9-10-11-12-13-14-15-16-17-18-19-22-29-59-33-41(60-32-39-25-26-40(30-51)54-31-39)34-61-67(58,66-44-24-21-20-23-38(44)2)62-36-50(35-52)47-46(63-49(3,4)65-47)45(64-50)42-27-28-43-48(53)55-37-56-57(42)43/h20-21,23-28,31,37,41,45-47H,5-19,22,29,32-34,36H2,1-4H3,(H2,53,55,56)/t41-,45+,46+,47+,50-,67?/m1/s1. The maximum absolute atomic E-state index is 14.9. The molecule has 16 nitrogen and oxygen atoms in total. The van der Waals surface area contributed by atoms with Gasteiger partial charge in [-0.2, -0.15) is 15.6 Å². The molecule has 1 unspecified atom stereocenters. The van der Waals surface area contributed by atoms with Crippen LogP contribution in [0.15, 0.2) is 61.1 Å². The third-order valence-electron chi connectivity index (χ3n) is 12.2. The largest absolute Gasteiger partial charge is 0.530 e. The smallest absolute Gasteiger partial charge is 0.404 e. The van der Waals surface area contributed by atoms with Crippen molar-refractivity contribution in [3.05, 3.63) is 83.6 Å². The number of benzene rings is 1. The van der Waals surface area contributed by atoms with Gasteiger partial charge >= 0.3 is 7.82 Å². The zero-order valence-corrected chi connectivity index (χ0v) is 40.7. The van der Waals surface area contributed by atoms with Crippen molar-refractivity contribution in [2.24, 2.45) is 0 Å². The van der Waals surface area contributed by atoms with E-state index in [1.54, 1.807) is 73.9 Å².